The highest BCUT2D eigenvalue weighted by molar-refractivity contribution is 7.89. The van der Waals surface area contributed by atoms with E-state index in [1.165, 1.54) is 10.5 Å². The number of nitrogens with zero attached hydrogens (tertiary/aromatic N) is 4. The van der Waals surface area contributed by atoms with Crippen LogP contribution in [0.2, 0.25) is 0 Å². The summed E-state index contributed by atoms with van der Waals surface area (Å²) in [5, 5.41) is 11.1. The van der Waals surface area contributed by atoms with Crippen LogP contribution < -0.4 is 4.90 Å². The molecule has 7 nitrogen and oxygen atoms in total. The molecule has 182 valence electrons. The zero-order valence-corrected chi connectivity index (χ0v) is 19.6. The van der Waals surface area contributed by atoms with Crippen molar-refractivity contribution in [3.05, 3.63) is 72.4 Å². The van der Waals surface area contributed by atoms with Crippen LogP contribution in [-0.4, -0.2) is 60.1 Å². The molecule has 4 aromatic rings. The summed E-state index contributed by atoms with van der Waals surface area (Å²) in [7, 11) is -3.86. The summed E-state index contributed by atoms with van der Waals surface area (Å²) in [6.45, 7) is 0.711. The van der Waals surface area contributed by atoms with E-state index in [1.807, 2.05) is 23.1 Å². The highest BCUT2D eigenvalue weighted by Crippen LogP contribution is 2.30. The summed E-state index contributed by atoms with van der Waals surface area (Å²) >= 11 is 0. The number of benzene rings is 3. The molecule has 0 atom stereocenters. The van der Waals surface area contributed by atoms with Gasteiger partial charge in [-0.25, -0.2) is 22.2 Å². The van der Waals surface area contributed by atoms with E-state index in [-0.39, 0.29) is 35.1 Å². The first-order valence-corrected chi connectivity index (χ1v) is 12.8. The van der Waals surface area contributed by atoms with E-state index in [0.717, 1.165) is 17.5 Å². The SMILES string of the molecule is O=S(=O)(c1cccc2ccccc12)N(CCO)C1CCN(c2cnc3cc(F)c(F)cc3n2)CC1. The van der Waals surface area contributed by atoms with Crippen LogP contribution in [0.25, 0.3) is 21.8 Å². The predicted molar refractivity (Wildman–Crippen MR) is 130 cm³/mol. The maximum absolute atomic E-state index is 13.7. The van der Waals surface area contributed by atoms with E-state index in [4.69, 9.17) is 0 Å². The highest BCUT2D eigenvalue weighted by Gasteiger charge is 2.34. The van der Waals surface area contributed by atoms with Gasteiger partial charge in [0.15, 0.2) is 11.6 Å². The summed E-state index contributed by atoms with van der Waals surface area (Å²) in [4.78, 5) is 10.8. The van der Waals surface area contributed by atoms with E-state index in [2.05, 4.69) is 9.97 Å². The molecule has 1 fully saturated rings. The van der Waals surface area contributed by atoms with Crippen LogP contribution in [0.5, 0.6) is 0 Å². The van der Waals surface area contributed by atoms with Crippen molar-refractivity contribution >= 4 is 37.6 Å². The lowest BCUT2D eigenvalue weighted by Gasteiger charge is -2.38. The van der Waals surface area contributed by atoms with Crippen molar-refractivity contribution in [3.63, 3.8) is 0 Å². The highest BCUT2D eigenvalue weighted by atomic mass is 32.2. The third kappa shape index (κ3) is 4.44. The number of halogens is 2. The largest absolute Gasteiger partial charge is 0.395 e. The number of piperidine rings is 1. The van der Waals surface area contributed by atoms with Crippen LogP contribution in [0.3, 0.4) is 0 Å². The van der Waals surface area contributed by atoms with Gasteiger partial charge in [0.05, 0.1) is 28.7 Å². The lowest BCUT2D eigenvalue weighted by molar-refractivity contribution is 0.209. The Bertz CT molecular complexity index is 1490. The Labute approximate surface area is 201 Å². The first-order valence-electron chi connectivity index (χ1n) is 11.4. The van der Waals surface area contributed by atoms with E-state index < -0.39 is 21.7 Å². The third-order valence-corrected chi connectivity index (χ3v) is 8.43. The Balaban J connectivity index is 1.38. The van der Waals surface area contributed by atoms with E-state index in [0.29, 0.717) is 37.1 Å². The molecule has 0 saturated carbocycles. The fourth-order valence-electron chi connectivity index (χ4n) is 4.68. The minimum atomic E-state index is -3.86. The van der Waals surface area contributed by atoms with Crippen LogP contribution in [-0.2, 0) is 10.0 Å². The van der Waals surface area contributed by atoms with Crippen molar-refractivity contribution in [2.24, 2.45) is 0 Å². The van der Waals surface area contributed by atoms with Gasteiger partial charge in [-0.15, -0.1) is 0 Å². The van der Waals surface area contributed by atoms with Crippen LogP contribution in [0.15, 0.2) is 65.7 Å². The van der Waals surface area contributed by atoms with Gasteiger partial charge < -0.3 is 10.0 Å². The molecule has 0 unspecified atom stereocenters. The predicted octanol–water partition coefficient (Wildman–Crippen LogP) is 3.71. The Kier molecular flexibility index (Phi) is 6.35. The molecule has 2 heterocycles. The summed E-state index contributed by atoms with van der Waals surface area (Å²) in [5.41, 5.74) is 0.516. The van der Waals surface area contributed by atoms with E-state index in [1.54, 1.807) is 24.3 Å². The first-order chi connectivity index (χ1) is 16.9. The average molecular weight is 499 g/mol. The summed E-state index contributed by atoms with van der Waals surface area (Å²) in [6.07, 6.45) is 2.54. The standard InChI is InChI=1S/C25H24F2N4O3S/c26-20-14-22-23(15-21(20)27)29-25(16-28-22)30-10-8-18(9-11-30)31(12-13-32)35(33,34)24-7-3-5-17-4-1-2-6-19(17)24/h1-7,14-16,18,32H,8-13H2. The van der Waals surface area contributed by atoms with Crippen molar-refractivity contribution in [2.45, 2.75) is 23.8 Å². The number of fused-ring (bicyclic) bond motifs is 2. The van der Waals surface area contributed by atoms with Crippen molar-refractivity contribution in [1.29, 1.82) is 0 Å². The van der Waals surface area contributed by atoms with Gasteiger partial charge in [-0.2, -0.15) is 4.31 Å². The number of aliphatic hydroxyl groups excluding tert-OH is 1. The van der Waals surface area contributed by atoms with Crippen LogP contribution >= 0.6 is 0 Å². The molecule has 35 heavy (non-hydrogen) atoms. The lowest BCUT2D eigenvalue weighted by Crippen LogP contribution is -2.48. The van der Waals surface area contributed by atoms with Gasteiger partial charge in [-0.05, 0) is 24.3 Å². The molecule has 1 saturated heterocycles. The van der Waals surface area contributed by atoms with Gasteiger partial charge in [-0.3, -0.25) is 4.98 Å². The zero-order valence-electron chi connectivity index (χ0n) is 18.8. The Hall–Kier alpha value is -3.21. The number of hydrogen-bond acceptors (Lipinski definition) is 6. The second-order valence-corrected chi connectivity index (χ2v) is 10.4. The molecule has 0 amide bonds. The minimum Gasteiger partial charge on any atom is -0.395 e. The maximum Gasteiger partial charge on any atom is 0.244 e. The van der Waals surface area contributed by atoms with Crippen LogP contribution in [0, 0.1) is 11.6 Å². The van der Waals surface area contributed by atoms with Gasteiger partial charge in [0, 0.05) is 43.2 Å². The van der Waals surface area contributed by atoms with Crippen molar-refractivity contribution in [2.75, 3.05) is 31.1 Å². The Morgan fingerprint density at radius 3 is 2.43 bits per heavy atom. The fraction of sp³-hybridized carbons (Fsp3) is 0.280. The number of sulfonamides is 1. The third-order valence-electron chi connectivity index (χ3n) is 6.42. The molecule has 0 spiro atoms. The summed E-state index contributed by atoms with van der Waals surface area (Å²) in [5.74, 6) is -1.44. The molecule has 3 aromatic carbocycles. The molecule has 0 aliphatic carbocycles. The van der Waals surface area contributed by atoms with Gasteiger partial charge >= 0.3 is 0 Å². The number of aliphatic hydroxyl groups is 1. The second-order valence-electron chi connectivity index (χ2n) is 8.52. The minimum absolute atomic E-state index is 0.00313. The zero-order chi connectivity index (χ0) is 24.6. The van der Waals surface area contributed by atoms with Crippen molar-refractivity contribution in [1.82, 2.24) is 14.3 Å². The first kappa shape index (κ1) is 23.5. The molecule has 1 aliphatic rings. The molecule has 0 bridgehead atoms. The smallest absolute Gasteiger partial charge is 0.244 e. The quantitative estimate of drug-likeness (QED) is 0.436. The molecule has 5 rings (SSSR count). The molecule has 1 aliphatic heterocycles. The Morgan fingerprint density at radius 1 is 1.00 bits per heavy atom. The molecule has 1 aromatic heterocycles. The molecule has 10 heteroatoms. The monoisotopic (exact) mass is 498 g/mol. The second kappa shape index (κ2) is 9.44. The van der Waals surface area contributed by atoms with Crippen LogP contribution in [0.1, 0.15) is 12.8 Å². The Morgan fingerprint density at radius 2 is 1.69 bits per heavy atom. The van der Waals surface area contributed by atoms with Gasteiger partial charge in [0.25, 0.3) is 0 Å². The molecule has 1 N–H and O–H groups in total. The van der Waals surface area contributed by atoms with Gasteiger partial charge in [0.1, 0.15) is 5.82 Å². The molecular formula is C25H24F2N4O3S. The maximum atomic E-state index is 13.7. The number of hydrogen-bond donors (Lipinski definition) is 1. The lowest BCUT2D eigenvalue weighted by atomic mass is 10.1. The van der Waals surface area contributed by atoms with Crippen molar-refractivity contribution < 1.29 is 22.3 Å². The van der Waals surface area contributed by atoms with Crippen LogP contribution in [0.4, 0.5) is 14.6 Å². The molecular weight excluding hydrogens is 474 g/mol. The van der Waals surface area contributed by atoms with Gasteiger partial charge in [-0.1, -0.05) is 36.4 Å². The van der Waals surface area contributed by atoms with Gasteiger partial charge in [0.2, 0.25) is 10.0 Å². The number of anilines is 1. The van der Waals surface area contributed by atoms with E-state index in [9.17, 15) is 22.3 Å². The summed E-state index contributed by atoms with van der Waals surface area (Å²) < 4.78 is 55.9. The molecule has 0 radical (unpaired) electrons. The number of rotatable bonds is 6. The fourth-order valence-corrected chi connectivity index (χ4v) is 6.57. The normalized spacial score (nSPS) is 15.4. The summed E-state index contributed by atoms with van der Waals surface area (Å²) in [6, 6.07) is 14.2. The topological polar surface area (TPSA) is 86.6 Å². The van der Waals surface area contributed by atoms with Crippen molar-refractivity contribution in [3.8, 4) is 0 Å². The average Bonchev–Trinajstić information content (AvgIpc) is 2.87. The van der Waals surface area contributed by atoms with E-state index >= 15 is 0 Å². The number of aromatic nitrogens is 2.